The van der Waals surface area contributed by atoms with E-state index in [9.17, 15) is 4.79 Å². The van der Waals surface area contributed by atoms with Gasteiger partial charge in [0.05, 0.1) is 23.4 Å². The van der Waals surface area contributed by atoms with Crippen LogP contribution in [0.15, 0.2) is 48.5 Å². The van der Waals surface area contributed by atoms with Crippen molar-refractivity contribution in [2.24, 2.45) is 0 Å². The van der Waals surface area contributed by atoms with Crippen molar-refractivity contribution < 1.29 is 9.53 Å². The second-order valence-electron chi connectivity index (χ2n) is 8.34. The zero-order valence-electron chi connectivity index (χ0n) is 19.2. The molecule has 3 heterocycles. The number of amides is 1. The zero-order chi connectivity index (χ0) is 23.5. The summed E-state index contributed by atoms with van der Waals surface area (Å²) in [5, 5.41) is 6.70. The van der Waals surface area contributed by atoms with Crippen LogP contribution >= 0.6 is 11.3 Å². The van der Waals surface area contributed by atoms with Crippen molar-refractivity contribution in [2.45, 2.75) is 20.4 Å². The molecule has 0 radical (unpaired) electrons. The maximum Gasteiger partial charge on any atom is 0.257 e. The molecule has 1 fully saturated rings. The number of nitrogens with one attached hydrogen (secondary N) is 2. The maximum absolute atomic E-state index is 12.9. The number of rotatable bonds is 6. The molecule has 1 amide bonds. The molecular weight excluding hydrogens is 448 g/mol. The van der Waals surface area contributed by atoms with Gasteiger partial charge >= 0.3 is 0 Å². The second-order valence-corrected chi connectivity index (χ2v) is 9.37. The number of aromatic nitrogens is 3. The third-order valence-corrected chi connectivity index (χ3v) is 6.48. The number of anilines is 3. The molecule has 2 aromatic carbocycles. The summed E-state index contributed by atoms with van der Waals surface area (Å²) in [6, 6.07) is 15.5. The van der Waals surface area contributed by atoms with Crippen LogP contribution in [0.4, 0.5) is 16.8 Å². The van der Waals surface area contributed by atoms with Crippen LogP contribution in [-0.2, 0) is 11.3 Å². The average molecular weight is 475 g/mol. The number of hydrogen-bond acceptors (Lipinski definition) is 8. The van der Waals surface area contributed by atoms with E-state index in [2.05, 4.69) is 42.6 Å². The first-order chi connectivity index (χ1) is 16.5. The Hall–Kier alpha value is -3.40. The van der Waals surface area contributed by atoms with Crippen LogP contribution in [0.1, 0.15) is 27.3 Å². The van der Waals surface area contributed by atoms with Gasteiger partial charge in [0.1, 0.15) is 0 Å². The first-order valence-electron chi connectivity index (χ1n) is 11.2. The highest BCUT2D eigenvalue weighted by molar-refractivity contribution is 7.22. The highest BCUT2D eigenvalue weighted by Gasteiger charge is 2.14. The summed E-state index contributed by atoms with van der Waals surface area (Å²) in [5.74, 6) is 0.298. The van der Waals surface area contributed by atoms with E-state index in [1.165, 1.54) is 16.9 Å². The van der Waals surface area contributed by atoms with Gasteiger partial charge in [-0.3, -0.25) is 15.0 Å². The van der Waals surface area contributed by atoms with E-state index in [1.807, 2.05) is 38.1 Å². The van der Waals surface area contributed by atoms with Gasteiger partial charge in [0.15, 0.2) is 5.13 Å². The van der Waals surface area contributed by atoms with Crippen molar-refractivity contribution in [2.75, 3.05) is 36.9 Å². The molecule has 2 aromatic heterocycles. The summed E-state index contributed by atoms with van der Waals surface area (Å²) >= 11 is 1.48. The Morgan fingerprint density at radius 1 is 1.03 bits per heavy atom. The Morgan fingerprint density at radius 3 is 2.62 bits per heavy atom. The van der Waals surface area contributed by atoms with E-state index in [0.717, 1.165) is 60.1 Å². The van der Waals surface area contributed by atoms with Crippen LogP contribution in [0.3, 0.4) is 0 Å². The Morgan fingerprint density at radius 2 is 1.82 bits per heavy atom. The van der Waals surface area contributed by atoms with Crippen LogP contribution in [-0.4, -0.2) is 52.1 Å². The molecule has 1 saturated heterocycles. The number of carbonyl (C=O) groups excluding carboxylic acids is 1. The number of carbonyl (C=O) groups is 1. The van der Waals surface area contributed by atoms with Gasteiger partial charge in [0, 0.05) is 42.3 Å². The predicted molar refractivity (Wildman–Crippen MR) is 135 cm³/mol. The Kier molecular flexibility index (Phi) is 6.48. The lowest BCUT2D eigenvalue weighted by Crippen LogP contribution is -2.35. The van der Waals surface area contributed by atoms with E-state index in [-0.39, 0.29) is 5.91 Å². The number of ether oxygens (including phenoxy) is 1. The standard InChI is InChI=1S/C25H26N6O2S/c1-16-12-17(2)27-24(26-16)28-20-5-3-4-19(14-20)23(32)30-25-29-21-7-6-18(13-22(21)34-25)15-31-8-10-33-11-9-31/h3-7,12-14H,8-11,15H2,1-2H3,(H,26,27,28)(H,29,30,32). The van der Waals surface area contributed by atoms with Gasteiger partial charge in [-0.15, -0.1) is 0 Å². The molecule has 1 aliphatic heterocycles. The Labute approximate surface area is 202 Å². The Bertz CT molecular complexity index is 1310. The summed E-state index contributed by atoms with van der Waals surface area (Å²) in [6.45, 7) is 8.21. The van der Waals surface area contributed by atoms with Gasteiger partial charge in [-0.05, 0) is 55.8 Å². The maximum atomic E-state index is 12.9. The lowest BCUT2D eigenvalue weighted by molar-refractivity contribution is 0.0342. The molecule has 174 valence electrons. The number of benzene rings is 2. The molecule has 0 atom stereocenters. The van der Waals surface area contributed by atoms with Crippen LogP contribution in [0.2, 0.25) is 0 Å². The smallest absolute Gasteiger partial charge is 0.257 e. The highest BCUT2D eigenvalue weighted by Crippen LogP contribution is 2.28. The van der Waals surface area contributed by atoms with Gasteiger partial charge in [0.25, 0.3) is 5.91 Å². The molecule has 4 aromatic rings. The SMILES string of the molecule is Cc1cc(C)nc(Nc2cccc(C(=O)Nc3nc4ccc(CN5CCOCC5)cc4s3)c2)n1. The largest absolute Gasteiger partial charge is 0.379 e. The molecule has 0 aliphatic carbocycles. The number of nitrogens with zero attached hydrogens (tertiary/aromatic N) is 4. The van der Waals surface area contributed by atoms with Gasteiger partial charge in [-0.1, -0.05) is 23.5 Å². The molecule has 2 N–H and O–H groups in total. The summed E-state index contributed by atoms with van der Waals surface area (Å²) in [4.78, 5) is 28.7. The topological polar surface area (TPSA) is 92.3 Å². The molecule has 0 unspecified atom stereocenters. The lowest BCUT2D eigenvalue weighted by Gasteiger charge is -2.26. The number of thiazole rings is 1. The molecule has 0 bridgehead atoms. The van der Waals surface area contributed by atoms with E-state index in [0.29, 0.717) is 16.6 Å². The highest BCUT2D eigenvalue weighted by atomic mass is 32.1. The summed E-state index contributed by atoms with van der Waals surface area (Å²) in [5.41, 5.74) is 5.16. The number of morpholine rings is 1. The molecule has 9 heteroatoms. The van der Waals surface area contributed by atoms with Gasteiger partial charge in [-0.25, -0.2) is 15.0 Å². The minimum absolute atomic E-state index is 0.211. The summed E-state index contributed by atoms with van der Waals surface area (Å²) in [6.07, 6.45) is 0. The van der Waals surface area contributed by atoms with Crippen molar-refractivity contribution in [3.63, 3.8) is 0 Å². The summed E-state index contributed by atoms with van der Waals surface area (Å²) < 4.78 is 6.49. The van der Waals surface area contributed by atoms with Crippen molar-refractivity contribution in [1.29, 1.82) is 0 Å². The van der Waals surface area contributed by atoms with E-state index < -0.39 is 0 Å². The Balaban J connectivity index is 1.28. The number of hydrogen-bond donors (Lipinski definition) is 2. The summed E-state index contributed by atoms with van der Waals surface area (Å²) in [7, 11) is 0. The fraction of sp³-hybridized carbons (Fsp3) is 0.280. The van der Waals surface area contributed by atoms with Gasteiger partial charge in [0.2, 0.25) is 5.95 Å². The average Bonchev–Trinajstić information content (AvgIpc) is 3.21. The molecule has 1 aliphatic rings. The fourth-order valence-electron chi connectivity index (χ4n) is 3.96. The molecule has 0 spiro atoms. The van der Waals surface area contributed by atoms with E-state index in [1.54, 1.807) is 12.1 Å². The van der Waals surface area contributed by atoms with Crippen molar-refractivity contribution in [3.05, 3.63) is 71.0 Å². The first-order valence-corrected chi connectivity index (χ1v) is 12.0. The minimum atomic E-state index is -0.211. The van der Waals surface area contributed by atoms with Crippen LogP contribution < -0.4 is 10.6 Å². The van der Waals surface area contributed by atoms with Crippen LogP contribution in [0.25, 0.3) is 10.2 Å². The number of fused-ring (bicyclic) bond motifs is 1. The van der Waals surface area contributed by atoms with Crippen molar-refractivity contribution >= 4 is 44.2 Å². The van der Waals surface area contributed by atoms with Crippen molar-refractivity contribution in [3.8, 4) is 0 Å². The first kappa shape index (κ1) is 22.4. The van der Waals surface area contributed by atoms with E-state index in [4.69, 9.17) is 4.74 Å². The molecule has 5 rings (SSSR count). The lowest BCUT2D eigenvalue weighted by atomic mass is 10.2. The van der Waals surface area contributed by atoms with E-state index >= 15 is 0 Å². The quantitative estimate of drug-likeness (QED) is 0.424. The van der Waals surface area contributed by atoms with Gasteiger partial charge in [-0.2, -0.15) is 0 Å². The third kappa shape index (κ3) is 5.39. The van der Waals surface area contributed by atoms with Gasteiger partial charge < -0.3 is 10.1 Å². The molecule has 0 saturated carbocycles. The molecular formula is C25H26N6O2S. The minimum Gasteiger partial charge on any atom is -0.379 e. The molecule has 8 nitrogen and oxygen atoms in total. The fourth-order valence-corrected chi connectivity index (χ4v) is 4.88. The third-order valence-electron chi connectivity index (χ3n) is 5.55. The van der Waals surface area contributed by atoms with Crippen molar-refractivity contribution in [1.82, 2.24) is 19.9 Å². The van der Waals surface area contributed by atoms with Crippen LogP contribution in [0.5, 0.6) is 0 Å². The number of aryl methyl sites for hydroxylation is 2. The monoisotopic (exact) mass is 474 g/mol. The normalized spacial score (nSPS) is 14.3. The predicted octanol–water partition coefficient (Wildman–Crippen LogP) is 4.53. The van der Waals surface area contributed by atoms with Crippen LogP contribution in [0, 0.1) is 13.8 Å². The second kappa shape index (κ2) is 9.84. The zero-order valence-corrected chi connectivity index (χ0v) is 20.0. The molecule has 34 heavy (non-hydrogen) atoms.